The molecule has 5 heteroatoms. The number of thiazole rings is 1. The summed E-state index contributed by atoms with van der Waals surface area (Å²) in [5, 5.41) is 1.78. The first kappa shape index (κ1) is 10.1. The molecular formula is C11H10N2OS2. The fourth-order valence-corrected chi connectivity index (χ4v) is 2.73. The number of nitrogens with zero attached hydrogens (tertiary/aromatic N) is 2. The Kier molecular flexibility index (Phi) is 2.57. The molecule has 3 nitrogen and oxygen atoms in total. The maximum absolute atomic E-state index is 5.08. The van der Waals surface area contributed by atoms with E-state index in [-0.39, 0.29) is 0 Å². The average molecular weight is 250 g/mol. The van der Waals surface area contributed by atoms with Gasteiger partial charge in [-0.1, -0.05) is 11.3 Å². The smallest absolute Gasteiger partial charge is 0.214 e. The number of aromatic nitrogens is 2. The molecule has 2 aromatic heterocycles. The third kappa shape index (κ3) is 1.81. The Hall–Kier alpha value is -1.07. The molecule has 3 rings (SSSR count). The Bertz CT molecular complexity index is 494. The van der Waals surface area contributed by atoms with Crippen LogP contribution in [0.1, 0.15) is 24.5 Å². The van der Waals surface area contributed by atoms with Gasteiger partial charge in [0.2, 0.25) is 5.06 Å². The van der Waals surface area contributed by atoms with Gasteiger partial charge in [-0.25, -0.2) is 4.98 Å². The van der Waals surface area contributed by atoms with Gasteiger partial charge in [0.1, 0.15) is 5.01 Å². The summed E-state index contributed by atoms with van der Waals surface area (Å²) in [6.07, 6.45) is 5.99. The summed E-state index contributed by atoms with van der Waals surface area (Å²) < 4.78 is 5.08. The molecule has 1 aliphatic carbocycles. The normalized spacial score (nSPS) is 15.1. The van der Waals surface area contributed by atoms with Gasteiger partial charge in [0.25, 0.3) is 0 Å². The predicted molar refractivity (Wildman–Crippen MR) is 66.9 cm³/mol. The summed E-state index contributed by atoms with van der Waals surface area (Å²) in [4.78, 5) is 8.71. The zero-order valence-electron chi connectivity index (χ0n) is 8.46. The summed E-state index contributed by atoms with van der Waals surface area (Å²) >= 11 is 5.41. The van der Waals surface area contributed by atoms with E-state index >= 15 is 0 Å². The standard InChI is InChI=1S/C11H10N2OS2/c15-14-11-9(7-3-4-7)13-10(16-11)8-2-1-5-12-6-8/h1-2,5-7,15H,3-4H2. The van der Waals surface area contributed by atoms with E-state index in [0.717, 1.165) is 21.3 Å². The topological polar surface area (TPSA) is 35.0 Å². The first-order valence-corrected chi connectivity index (χ1v) is 6.29. The van der Waals surface area contributed by atoms with E-state index in [0.29, 0.717) is 5.92 Å². The van der Waals surface area contributed by atoms with Gasteiger partial charge in [-0.3, -0.25) is 4.98 Å². The Morgan fingerprint density at radius 3 is 2.94 bits per heavy atom. The van der Waals surface area contributed by atoms with Gasteiger partial charge in [-0.05, 0) is 25.0 Å². The third-order valence-corrected chi connectivity index (χ3v) is 3.88. The van der Waals surface area contributed by atoms with Crippen molar-refractivity contribution in [2.75, 3.05) is 0 Å². The molecule has 0 amide bonds. The number of pyridine rings is 1. The molecule has 1 saturated carbocycles. The van der Waals surface area contributed by atoms with Crippen molar-refractivity contribution in [1.82, 2.24) is 9.97 Å². The van der Waals surface area contributed by atoms with Crippen molar-refractivity contribution in [3.05, 3.63) is 30.2 Å². The zero-order chi connectivity index (χ0) is 11.0. The van der Waals surface area contributed by atoms with Crippen LogP contribution in [0.2, 0.25) is 0 Å². The molecule has 0 radical (unpaired) electrons. The fourth-order valence-electron chi connectivity index (χ4n) is 1.61. The second-order valence-electron chi connectivity index (χ2n) is 3.80. The van der Waals surface area contributed by atoms with E-state index in [9.17, 15) is 0 Å². The van der Waals surface area contributed by atoms with E-state index in [1.807, 2.05) is 18.3 Å². The van der Waals surface area contributed by atoms with E-state index < -0.39 is 0 Å². The van der Waals surface area contributed by atoms with Crippen LogP contribution in [0.4, 0.5) is 0 Å². The minimum atomic E-state index is 0.573. The zero-order valence-corrected chi connectivity index (χ0v) is 10.2. The van der Waals surface area contributed by atoms with E-state index in [4.69, 9.17) is 4.18 Å². The van der Waals surface area contributed by atoms with E-state index in [2.05, 4.69) is 22.9 Å². The van der Waals surface area contributed by atoms with Crippen molar-refractivity contribution in [3.63, 3.8) is 0 Å². The lowest BCUT2D eigenvalue weighted by molar-refractivity contribution is 0.662. The molecular weight excluding hydrogens is 240 g/mol. The lowest BCUT2D eigenvalue weighted by atomic mass is 10.3. The lowest BCUT2D eigenvalue weighted by Gasteiger charge is -1.93. The predicted octanol–water partition coefficient (Wildman–Crippen LogP) is 3.31. The molecule has 1 fully saturated rings. The molecule has 16 heavy (non-hydrogen) atoms. The van der Waals surface area contributed by atoms with Gasteiger partial charge >= 0.3 is 0 Å². The Labute approximate surface area is 103 Å². The number of hydrogen-bond donors (Lipinski definition) is 1. The third-order valence-electron chi connectivity index (χ3n) is 2.58. The second kappa shape index (κ2) is 4.07. The molecule has 0 spiro atoms. The highest BCUT2D eigenvalue weighted by molar-refractivity contribution is 7.75. The molecule has 0 aliphatic heterocycles. The van der Waals surface area contributed by atoms with Crippen molar-refractivity contribution in [1.29, 1.82) is 0 Å². The first-order valence-electron chi connectivity index (χ1n) is 5.11. The molecule has 0 bridgehead atoms. The highest BCUT2D eigenvalue weighted by Gasteiger charge is 2.30. The molecule has 0 N–H and O–H groups in total. The van der Waals surface area contributed by atoms with Gasteiger partial charge in [0.15, 0.2) is 0 Å². The molecule has 82 valence electrons. The van der Waals surface area contributed by atoms with Gasteiger partial charge in [0.05, 0.1) is 5.69 Å². The van der Waals surface area contributed by atoms with Crippen molar-refractivity contribution in [2.24, 2.45) is 0 Å². The van der Waals surface area contributed by atoms with Gasteiger partial charge < -0.3 is 4.18 Å². The molecule has 1 aliphatic rings. The van der Waals surface area contributed by atoms with Crippen molar-refractivity contribution in [2.45, 2.75) is 18.8 Å². The summed E-state index contributed by atoms with van der Waals surface area (Å²) in [6, 6.07) is 3.92. The van der Waals surface area contributed by atoms with Crippen molar-refractivity contribution in [3.8, 4) is 15.6 Å². The lowest BCUT2D eigenvalue weighted by Crippen LogP contribution is -1.83. The molecule has 0 aromatic carbocycles. The van der Waals surface area contributed by atoms with Crippen LogP contribution in [0, 0.1) is 0 Å². The highest BCUT2D eigenvalue weighted by Crippen LogP contribution is 2.47. The Morgan fingerprint density at radius 2 is 2.31 bits per heavy atom. The summed E-state index contributed by atoms with van der Waals surface area (Å²) in [5.41, 5.74) is 2.09. The van der Waals surface area contributed by atoms with Gasteiger partial charge in [0, 0.05) is 36.8 Å². The summed E-state index contributed by atoms with van der Waals surface area (Å²) in [7, 11) is 0. The van der Waals surface area contributed by atoms with Gasteiger partial charge in [-0.2, -0.15) is 0 Å². The molecule has 0 atom stereocenters. The van der Waals surface area contributed by atoms with Crippen molar-refractivity contribution < 1.29 is 4.18 Å². The first-order chi connectivity index (χ1) is 7.88. The van der Waals surface area contributed by atoms with Crippen molar-refractivity contribution >= 4 is 24.2 Å². The molecule has 0 saturated heterocycles. The van der Waals surface area contributed by atoms with Crippen LogP contribution in [0.3, 0.4) is 0 Å². The second-order valence-corrected chi connectivity index (χ2v) is 4.94. The molecule has 2 aromatic rings. The Balaban J connectivity index is 2.02. The quantitative estimate of drug-likeness (QED) is 0.670. The van der Waals surface area contributed by atoms with Gasteiger partial charge in [-0.15, -0.1) is 0 Å². The monoisotopic (exact) mass is 250 g/mol. The minimum absolute atomic E-state index is 0.573. The Morgan fingerprint density at radius 1 is 1.44 bits per heavy atom. The largest absolute Gasteiger partial charge is 0.416 e. The number of hydrogen-bond acceptors (Lipinski definition) is 5. The SMILES string of the molecule is SOc1sc(-c2cccnc2)nc1C1CC1. The van der Waals surface area contributed by atoms with Crippen LogP contribution in [0.25, 0.3) is 10.6 Å². The number of thiol groups is 1. The number of rotatable bonds is 3. The van der Waals surface area contributed by atoms with Crippen LogP contribution >= 0.6 is 24.2 Å². The highest BCUT2D eigenvalue weighted by atomic mass is 32.1. The average Bonchev–Trinajstić information content (AvgIpc) is 3.10. The fraction of sp³-hybridized carbons (Fsp3) is 0.273. The van der Waals surface area contributed by atoms with Crippen LogP contribution in [-0.4, -0.2) is 9.97 Å². The summed E-state index contributed by atoms with van der Waals surface area (Å²) in [5.74, 6) is 0.573. The summed E-state index contributed by atoms with van der Waals surface area (Å²) in [6.45, 7) is 0. The maximum atomic E-state index is 5.08. The molecule has 0 unspecified atom stereocenters. The van der Waals surface area contributed by atoms with Crippen LogP contribution in [0.5, 0.6) is 5.06 Å². The van der Waals surface area contributed by atoms with Crippen LogP contribution in [-0.2, 0) is 0 Å². The minimum Gasteiger partial charge on any atom is -0.416 e. The van der Waals surface area contributed by atoms with Crippen LogP contribution < -0.4 is 4.18 Å². The maximum Gasteiger partial charge on any atom is 0.214 e. The van der Waals surface area contributed by atoms with E-state index in [1.54, 1.807) is 6.20 Å². The molecule has 2 heterocycles. The van der Waals surface area contributed by atoms with Crippen LogP contribution in [0.15, 0.2) is 24.5 Å². The van der Waals surface area contributed by atoms with E-state index in [1.165, 1.54) is 24.2 Å².